The van der Waals surface area contributed by atoms with Crippen LogP contribution in [0.5, 0.6) is 23.0 Å². The number of fused-ring (bicyclic) bond motifs is 6. The highest BCUT2D eigenvalue weighted by atomic mass is 16.6. The second kappa shape index (κ2) is 15.5. The van der Waals surface area contributed by atoms with Crippen LogP contribution >= 0.6 is 0 Å². The lowest BCUT2D eigenvalue weighted by molar-refractivity contribution is 0.360. The summed E-state index contributed by atoms with van der Waals surface area (Å²) in [5, 5.41) is 9.51. The van der Waals surface area contributed by atoms with Crippen molar-refractivity contribution in [1.29, 1.82) is 5.26 Å². The van der Waals surface area contributed by atoms with E-state index in [9.17, 15) is 5.26 Å². The monoisotopic (exact) mass is 832 g/mol. The fraction of sp³-hybridized carbons (Fsp3) is 0.0169. The summed E-state index contributed by atoms with van der Waals surface area (Å²) in [6, 6.07) is 76.7. The third kappa shape index (κ3) is 6.37. The summed E-state index contributed by atoms with van der Waals surface area (Å²) >= 11 is 0. The summed E-state index contributed by atoms with van der Waals surface area (Å²) in [5.41, 5.74) is 13.5. The van der Waals surface area contributed by atoms with E-state index in [1.54, 1.807) is 6.07 Å². The van der Waals surface area contributed by atoms with Crippen molar-refractivity contribution in [3.05, 3.63) is 246 Å². The third-order valence-electron chi connectivity index (χ3n) is 12.5. The normalized spacial score (nSPS) is 12.7. The van der Waals surface area contributed by atoms with Crippen LogP contribution in [-0.4, -0.2) is 15.0 Å². The lowest BCUT2D eigenvalue weighted by Crippen LogP contribution is -2.28. The van der Waals surface area contributed by atoms with Gasteiger partial charge in [-0.05, 0) is 86.5 Å². The second-order valence-corrected chi connectivity index (χ2v) is 16.2. The lowest BCUT2D eigenvalue weighted by atomic mass is 9.68. The van der Waals surface area contributed by atoms with E-state index in [1.165, 1.54) is 16.7 Å². The van der Waals surface area contributed by atoms with Crippen LogP contribution in [0.3, 0.4) is 0 Å². The van der Waals surface area contributed by atoms with Crippen molar-refractivity contribution in [3.8, 4) is 96.6 Å². The number of aromatic nitrogens is 3. The van der Waals surface area contributed by atoms with E-state index >= 15 is 0 Å². The van der Waals surface area contributed by atoms with E-state index in [4.69, 9.17) is 24.4 Å². The van der Waals surface area contributed by atoms with Crippen molar-refractivity contribution in [1.82, 2.24) is 15.0 Å². The first kappa shape index (κ1) is 37.8. The molecule has 0 radical (unpaired) electrons. The number of hydrogen-bond acceptors (Lipinski definition) is 6. The molecular weight excluding hydrogens is 797 g/mol. The standard InChI is InChI=1S/C59H36N4O2/c60-37-38-14-12-17-42(34-38)43-18-13-19-45(35-43)58-62-56(40-15-4-1-5-16-40)61-57(63-58)41-28-26-39(27-29-41)44-30-32-51-53(36-44)64-52-33-31-50-54(55(52)65-51)48-24-10-11-25-49(48)59(50,46-20-6-2-7-21-46)47-22-8-3-9-23-47/h1-36H. The highest BCUT2D eigenvalue weighted by molar-refractivity contribution is 5.92. The summed E-state index contributed by atoms with van der Waals surface area (Å²) in [6.07, 6.45) is 0. The fourth-order valence-electron chi connectivity index (χ4n) is 9.51. The van der Waals surface area contributed by atoms with Gasteiger partial charge in [0.2, 0.25) is 0 Å². The molecule has 1 aliphatic heterocycles. The molecule has 0 bridgehead atoms. The van der Waals surface area contributed by atoms with Crippen molar-refractivity contribution >= 4 is 0 Å². The van der Waals surface area contributed by atoms with Gasteiger partial charge in [0, 0.05) is 22.3 Å². The number of nitriles is 1. The largest absolute Gasteiger partial charge is 0.449 e. The van der Waals surface area contributed by atoms with Crippen LogP contribution in [0.4, 0.5) is 0 Å². The van der Waals surface area contributed by atoms with Gasteiger partial charge in [0.15, 0.2) is 40.5 Å². The first-order valence-corrected chi connectivity index (χ1v) is 21.6. The Hall–Kier alpha value is -8.92. The zero-order valence-electron chi connectivity index (χ0n) is 34.9. The van der Waals surface area contributed by atoms with Crippen LogP contribution in [0.1, 0.15) is 27.8 Å². The minimum Gasteiger partial charge on any atom is -0.449 e. The van der Waals surface area contributed by atoms with Crippen molar-refractivity contribution in [2.45, 2.75) is 5.41 Å². The lowest BCUT2D eigenvalue weighted by Gasteiger charge is -2.34. The van der Waals surface area contributed by atoms with Gasteiger partial charge in [-0.15, -0.1) is 0 Å². The average molecular weight is 833 g/mol. The molecule has 10 aromatic rings. The van der Waals surface area contributed by atoms with E-state index in [1.807, 2.05) is 91.0 Å². The first-order valence-electron chi connectivity index (χ1n) is 21.6. The second-order valence-electron chi connectivity index (χ2n) is 16.2. The molecule has 6 heteroatoms. The molecule has 12 rings (SSSR count). The number of hydrogen-bond donors (Lipinski definition) is 0. The third-order valence-corrected chi connectivity index (χ3v) is 12.5. The van der Waals surface area contributed by atoms with E-state index in [2.05, 4.69) is 127 Å². The highest BCUT2D eigenvalue weighted by Crippen LogP contribution is 2.62. The van der Waals surface area contributed by atoms with Gasteiger partial charge in [0.05, 0.1) is 17.0 Å². The van der Waals surface area contributed by atoms with Crippen LogP contribution in [0.25, 0.3) is 67.5 Å². The van der Waals surface area contributed by atoms with Gasteiger partial charge in [0.25, 0.3) is 0 Å². The minimum atomic E-state index is -0.535. The van der Waals surface area contributed by atoms with E-state index in [0.717, 1.165) is 61.4 Å². The molecule has 1 aliphatic carbocycles. The van der Waals surface area contributed by atoms with Crippen LogP contribution in [-0.2, 0) is 5.41 Å². The molecule has 0 unspecified atom stereocenters. The smallest absolute Gasteiger partial charge is 0.178 e. The van der Waals surface area contributed by atoms with Gasteiger partial charge >= 0.3 is 0 Å². The van der Waals surface area contributed by atoms with Crippen LogP contribution in [0, 0.1) is 11.3 Å². The molecule has 9 aromatic carbocycles. The van der Waals surface area contributed by atoms with E-state index in [0.29, 0.717) is 40.3 Å². The van der Waals surface area contributed by atoms with Crippen LogP contribution in [0.15, 0.2) is 218 Å². The van der Waals surface area contributed by atoms with Gasteiger partial charge in [-0.2, -0.15) is 5.26 Å². The van der Waals surface area contributed by atoms with Gasteiger partial charge in [-0.3, -0.25) is 0 Å². The molecule has 2 aliphatic rings. The number of nitrogens with zero attached hydrogens (tertiary/aromatic N) is 4. The van der Waals surface area contributed by atoms with Gasteiger partial charge in [-0.1, -0.05) is 182 Å². The topological polar surface area (TPSA) is 80.9 Å². The Balaban J connectivity index is 0.884. The van der Waals surface area contributed by atoms with Gasteiger partial charge in [0.1, 0.15) is 0 Å². The Bertz CT molecular complexity index is 3450. The minimum absolute atomic E-state index is 0.535. The van der Waals surface area contributed by atoms with E-state index in [-0.39, 0.29) is 0 Å². The Morgan fingerprint density at radius 3 is 1.60 bits per heavy atom. The maximum Gasteiger partial charge on any atom is 0.178 e. The molecule has 6 nitrogen and oxygen atoms in total. The predicted octanol–water partition coefficient (Wildman–Crippen LogP) is 14.3. The molecule has 0 amide bonds. The Morgan fingerprint density at radius 2 is 0.892 bits per heavy atom. The molecule has 0 spiro atoms. The molecule has 0 fully saturated rings. The molecule has 65 heavy (non-hydrogen) atoms. The summed E-state index contributed by atoms with van der Waals surface area (Å²) in [5.74, 6) is 4.42. The highest BCUT2D eigenvalue weighted by Gasteiger charge is 2.48. The Morgan fingerprint density at radius 1 is 0.369 bits per heavy atom. The maximum atomic E-state index is 9.51. The Kier molecular flexibility index (Phi) is 8.99. The van der Waals surface area contributed by atoms with Crippen LogP contribution in [0.2, 0.25) is 0 Å². The van der Waals surface area contributed by atoms with Crippen molar-refractivity contribution in [3.63, 3.8) is 0 Å². The molecule has 0 saturated heterocycles. The molecule has 1 aromatic heterocycles. The van der Waals surface area contributed by atoms with Crippen molar-refractivity contribution in [2.24, 2.45) is 0 Å². The molecular formula is C59H36N4O2. The maximum absolute atomic E-state index is 9.51. The fourth-order valence-corrected chi connectivity index (χ4v) is 9.51. The first-order chi connectivity index (χ1) is 32.1. The molecule has 0 N–H and O–H groups in total. The summed E-state index contributed by atoms with van der Waals surface area (Å²) < 4.78 is 13.6. The summed E-state index contributed by atoms with van der Waals surface area (Å²) in [7, 11) is 0. The zero-order chi connectivity index (χ0) is 43.3. The number of benzene rings is 9. The summed E-state index contributed by atoms with van der Waals surface area (Å²) in [4.78, 5) is 14.9. The molecule has 2 heterocycles. The van der Waals surface area contributed by atoms with Gasteiger partial charge in [-0.25, -0.2) is 15.0 Å². The zero-order valence-corrected chi connectivity index (χ0v) is 34.9. The average Bonchev–Trinajstić information content (AvgIpc) is 3.70. The molecule has 0 atom stereocenters. The van der Waals surface area contributed by atoms with Crippen molar-refractivity contribution < 1.29 is 9.47 Å². The van der Waals surface area contributed by atoms with Crippen molar-refractivity contribution in [2.75, 3.05) is 0 Å². The number of ether oxygens (including phenoxy) is 2. The summed E-state index contributed by atoms with van der Waals surface area (Å²) in [6.45, 7) is 0. The predicted molar refractivity (Wildman–Crippen MR) is 256 cm³/mol. The molecule has 0 saturated carbocycles. The quantitative estimate of drug-likeness (QED) is 0.159. The molecule has 304 valence electrons. The van der Waals surface area contributed by atoms with E-state index < -0.39 is 5.41 Å². The SMILES string of the molecule is N#Cc1cccc(-c2cccc(-c3nc(-c4ccccc4)nc(-c4ccc(-c5ccc6c(c5)Oc5ccc7c(c5O6)-c5ccccc5C7(c5ccccc5)c5ccccc5)cc4)n3)c2)c1. The number of rotatable bonds is 7. The van der Waals surface area contributed by atoms with Crippen LogP contribution < -0.4 is 9.47 Å². The van der Waals surface area contributed by atoms with Gasteiger partial charge < -0.3 is 9.47 Å². The Labute approximate surface area is 376 Å².